The Hall–Kier alpha value is -3.20. The average Bonchev–Trinajstić information content (AvgIpc) is 2.79. The molecular weight excluding hydrogens is 461 g/mol. The summed E-state index contributed by atoms with van der Waals surface area (Å²) in [5.74, 6) is 0.342. The van der Waals surface area contributed by atoms with Gasteiger partial charge < -0.3 is 10.2 Å². The first-order valence-electron chi connectivity index (χ1n) is 10.4. The number of hydrogen-bond acceptors (Lipinski definition) is 6. The molecule has 2 aromatic heterocycles. The van der Waals surface area contributed by atoms with Gasteiger partial charge >= 0.3 is 5.69 Å². The third-order valence-electron chi connectivity index (χ3n) is 5.87. The SMILES string of the molecule is CN1CCc2ccc(Nc3ncc4c(=N)n(-c5c(Cl)cccc5Cl)c(=O)n(C)c4n3)cc2C1. The number of nitrogens with one attached hydrogen (secondary N) is 2. The molecule has 4 aromatic rings. The summed E-state index contributed by atoms with van der Waals surface area (Å²) in [4.78, 5) is 24.4. The van der Waals surface area contributed by atoms with E-state index in [4.69, 9.17) is 28.6 Å². The monoisotopic (exact) mass is 481 g/mol. The van der Waals surface area contributed by atoms with Gasteiger partial charge in [0.15, 0.2) is 5.65 Å². The average molecular weight is 482 g/mol. The van der Waals surface area contributed by atoms with Gasteiger partial charge in [0.25, 0.3) is 0 Å². The van der Waals surface area contributed by atoms with Gasteiger partial charge in [0.2, 0.25) is 5.95 Å². The first kappa shape index (κ1) is 21.6. The highest BCUT2D eigenvalue weighted by Gasteiger charge is 2.18. The summed E-state index contributed by atoms with van der Waals surface area (Å²) in [6, 6.07) is 11.2. The normalized spacial score (nSPS) is 13.8. The van der Waals surface area contributed by atoms with Gasteiger partial charge in [-0.3, -0.25) is 9.98 Å². The maximum Gasteiger partial charge on any atom is 0.335 e. The van der Waals surface area contributed by atoms with E-state index in [0.29, 0.717) is 17.0 Å². The fraction of sp³-hybridized carbons (Fsp3) is 0.217. The molecule has 5 rings (SSSR count). The molecule has 0 fully saturated rings. The number of rotatable bonds is 3. The molecule has 0 saturated heterocycles. The summed E-state index contributed by atoms with van der Waals surface area (Å²) < 4.78 is 2.53. The maximum absolute atomic E-state index is 13.2. The second-order valence-electron chi connectivity index (χ2n) is 8.12. The van der Waals surface area contributed by atoms with Crippen LogP contribution in [0.15, 0.2) is 47.4 Å². The van der Waals surface area contributed by atoms with E-state index in [2.05, 4.69) is 39.4 Å². The molecule has 0 saturated carbocycles. The smallest absolute Gasteiger partial charge is 0.324 e. The largest absolute Gasteiger partial charge is 0.335 e. The predicted octanol–water partition coefficient (Wildman–Crippen LogP) is 3.64. The number of halogens is 2. The van der Waals surface area contributed by atoms with Crippen molar-refractivity contribution in [3.05, 3.63) is 79.7 Å². The van der Waals surface area contributed by atoms with Crippen LogP contribution in [0.1, 0.15) is 11.1 Å². The number of aryl methyl sites for hydroxylation is 1. The van der Waals surface area contributed by atoms with E-state index in [0.717, 1.165) is 25.2 Å². The van der Waals surface area contributed by atoms with Crippen LogP contribution in [0.2, 0.25) is 10.0 Å². The minimum Gasteiger partial charge on any atom is -0.324 e. The second kappa shape index (κ2) is 8.30. The predicted molar refractivity (Wildman–Crippen MR) is 130 cm³/mol. The van der Waals surface area contributed by atoms with Crippen molar-refractivity contribution in [3.8, 4) is 5.69 Å². The van der Waals surface area contributed by atoms with Gasteiger partial charge in [-0.2, -0.15) is 4.98 Å². The number of nitrogens with zero attached hydrogens (tertiary/aromatic N) is 5. The second-order valence-corrected chi connectivity index (χ2v) is 8.94. The Kier molecular flexibility index (Phi) is 5.44. The van der Waals surface area contributed by atoms with Gasteiger partial charge in [-0.1, -0.05) is 35.3 Å². The molecule has 2 aromatic carbocycles. The van der Waals surface area contributed by atoms with Crippen molar-refractivity contribution in [1.29, 1.82) is 5.41 Å². The molecule has 0 unspecified atom stereocenters. The first-order chi connectivity index (χ1) is 15.8. The molecule has 0 atom stereocenters. The molecule has 3 heterocycles. The third kappa shape index (κ3) is 3.80. The molecule has 0 spiro atoms. The van der Waals surface area contributed by atoms with Crippen LogP contribution in [0, 0.1) is 5.41 Å². The van der Waals surface area contributed by atoms with Crippen LogP contribution in [0.3, 0.4) is 0 Å². The number of para-hydroxylation sites is 1. The van der Waals surface area contributed by atoms with Crippen LogP contribution in [0.25, 0.3) is 16.7 Å². The van der Waals surface area contributed by atoms with Crippen molar-refractivity contribution < 1.29 is 0 Å². The Balaban J connectivity index is 1.59. The molecule has 0 bridgehead atoms. The molecule has 0 radical (unpaired) electrons. The van der Waals surface area contributed by atoms with Crippen molar-refractivity contribution in [3.63, 3.8) is 0 Å². The van der Waals surface area contributed by atoms with Gasteiger partial charge in [0, 0.05) is 32.0 Å². The lowest BCUT2D eigenvalue weighted by Crippen LogP contribution is -2.38. The van der Waals surface area contributed by atoms with E-state index in [-0.39, 0.29) is 21.2 Å². The number of fused-ring (bicyclic) bond motifs is 2. The minimum absolute atomic E-state index is 0.0912. The number of benzene rings is 2. The zero-order valence-electron chi connectivity index (χ0n) is 18.1. The molecule has 1 aliphatic heterocycles. The van der Waals surface area contributed by atoms with Crippen molar-refractivity contribution in [2.24, 2.45) is 7.05 Å². The summed E-state index contributed by atoms with van der Waals surface area (Å²) in [6.07, 6.45) is 2.56. The molecule has 168 valence electrons. The summed E-state index contributed by atoms with van der Waals surface area (Å²) in [7, 11) is 3.70. The highest BCUT2D eigenvalue weighted by Crippen LogP contribution is 2.27. The highest BCUT2D eigenvalue weighted by molar-refractivity contribution is 6.37. The Bertz CT molecular complexity index is 1510. The van der Waals surface area contributed by atoms with E-state index in [1.807, 2.05) is 6.07 Å². The number of likely N-dealkylation sites (N-methyl/N-ethyl adjacent to an activating group) is 1. The Morgan fingerprint density at radius 1 is 1.09 bits per heavy atom. The third-order valence-corrected chi connectivity index (χ3v) is 6.48. The van der Waals surface area contributed by atoms with Crippen LogP contribution in [0.4, 0.5) is 11.6 Å². The van der Waals surface area contributed by atoms with Crippen LogP contribution < -0.4 is 16.5 Å². The highest BCUT2D eigenvalue weighted by atomic mass is 35.5. The van der Waals surface area contributed by atoms with E-state index in [9.17, 15) is 4.79 Å². The first-order valence-corrected chi connectivity index (χ1v) is 11.1. The summed E-state index contributed by atoms with van der Waals surface area (Å²) >= 11 is 12.6. The molecular formula is C23H21Cl2N7O. The van der Waals surface area contributed by atoms with Gasteiger partial charge in [0.05, 0.1) is 21.1 Å². The number of hydrogen-bond donors (Lipinski definition) is 2. The van der Waals surface area contributed by atoms with Gasteiger partial charge in [-0.25, -0.2) is 14.3 Å². The Morgan fingerprint density at radius 2 is 1.85 bits per heavy atom. The molecule has 8 nitrogen and oxygen atoms in total. The minimum atomic E-state index is -0.482. The van der Waals surface area contributed by atoms with Gasteiger partial charge in [-0.05, 0) is 48.9 Å². The van der Waals surface area contributed by atoms with Gasteiger partial charge in [0.1, 0.15) is 5.49 Å². The zero-order valence-corrected chi connectivity index (χ0v) is 19.6. The lowest BCUT2D eigenvalue weighted by Gasteiger charge is -2.25. The molecule has 0 aliphatic carbocycles. The molecule has 2 N–H and O–H groups in total. The van der Waals surface area contributed by atoms with Crippen molar-refractivity contribution in [1.82, 2.24) is 24.0 Å². The van der Waals surface area contributed by atoms with E-state index in [1.165, 1.54) is 26.5 Å². The van der Waals surface area contributed by atoms with Crippen LogP contribution in [-0.4, -0.2) is 37.6 Å². The van der Waals surface area contributed by atoms with Gasteiger partial charge in [-0.15, -0.1) is 0 Å². The molecule has 33 heavy (non-hydrogen) atoms. The number of aromatic nitrogens is 4. The van der Waals surface area contributed by atoms with Crippen LogP contribution in [0.5, 0.6) is 0 Å². The van der Waals surface area contributed by atoms with Crippen molar-refractivity contribution >= 4 is 45.9 Å². The fourth-order valence-corrected chi connectivity index (χ4v) is 4.69. The Labute approximate surface area is 199 Å². The topological polar surface area (TPSA) is 91.8 Å². The van der Waals surface area contributed by atoms with Crippen LogP contribution in [-0.2, 0) is 20.0 Å². The summed E-state index contributed by atoms with van der Waals surface area (Å²) in [5, 5.41) is 12.8. The number of anilines is 2. The van der Waals surface area contributed by atoms with Crippen LogP contribution >= 0.6 is 23.2 Å². The molecule has 10 heteroatoms. The zero-order chi connectivity index (χ0) is 23.3. The molecule has 1 aliphatic rings. The standard InChI is InChI=1S/C23H21Cl2N7O/c1-30-9-8-13-6-7-15(10-14(13)12-30)28-22-27-11-16-20(26)32(23(33)31(2)21(16)29-22)19-17(24)4-3-5-18(19)25/h3-7,10-11,26H,8-9,12H2,1-2H3,(H,27,28,29). The summed E-state index contributed by atoms with van der Waals surface area (Å²) in [6.45, 7) is 1.95. The van der Waals surface area contributed by atoms with Crippen molar-refractivity contribution in [2.75, 3.05) is 18.9 Å². The Morgan fingerprint density at radius 3 is 2.61 bits per heavy atom. The molecule has 0 amide bonds. The maximum atomic E-state index is 13.2. The van der Waals surface area contributed by atoms with Crippen molar-refractivity contribution in [2.45, 2.75) is 13.0 Å². The lowest BCUT2D eigenvalue weighted by molar-refractivity contribution is 0.313. The lowest BCUT2D eigenvalue weighted by atomic mass is 9.99. The van der Waals surface area contributed by atoms with E-state index < -0.39 is 5.69 Å². The summed E-state index contributed by atoms with van der Waals surface area (Å²) in [5.41, 5.74) is 3.51. The van der Waals surface area contributed by atoms with E-state index >= 15 is 0 Å². The quantitative estimate of drug-likeness (QED) is 0.465. The van der Waals surface area contributed by atoms with E-state index in [1.54, 1.807) is 25.2 Å². The fourth-order valence-electron chi connectivity index (χ4n) is 4.13.